The number of aromatic nitrogens is 2. The Morgan fingerprint density at radius 2 is 2.00 bits per heavy atom. The summed E-state index contributed by atoms with van der Waals surface area (Å²) >= 11 is 12.9. The first kappa shape index (κ1) is 17.7. The predicted octanol–water partition coefficient (Wildman–Crippen LogP) is 3.59. The number of para-hydroxylation sites is 1. The summed E-state index contributed by atoms with van der Waals surface area (Å²) in [6, 6.07) is 4.85. The molecule has 0 saturated heterocycles. The number of rotatable bonds is 5. The minimum atomic E-state index is -1.03. The fraction of sp³-hybridized carbons (Fsp3) is 0.286. The van der Waals surface area contributed by atoms with E-state index in [-0.39, 0.29) is 5.69 Å². The molecule has 1 heterocycles. The SMILES string of the molecule is CCc1nnsc1C(=O)O[C@@H](C)C(=O)Nc1c(Cl)cccc1Cl. The number of aryl methyl sites for hydroxylation is 1. The number of ether oxygens (including phenoxy) is 1. The maximum atomic E-state index is 12.1. The van der Waals surface area contributed by atoms with Crippen molar-refractivity contribution in [2.45, 2.75) is 26.4 Å². The predicted molar refractivity (Wildman–Crippen MR) is 89.3 cm³/mol. The van der Waals surface area contributed by atoms with E-state index in [9.17, 15) is 9.59 Å². The van der Waals surface area contributed by atoms with Gasteiger partial charge in [-0.05, 0) is 37.0 Å². The van der Waals surface area contributed by atoms with Crippen LogP contribution in [0.1, 0.15) is 29.2 Å². The van der Waals surface area contributed by atoms with Crippen LogP contribution in [0.3, 0.4) is 0 Å². The number of carbonyl (C=O) groups is 2. The van der Waals surface area contributed by atoms with Gasteiger partial charge >= 0.3 is 5.97 Å². The average molecular weight is 374 g/mol. The van der Waals surface area contributed by atoms with E-state index < -0.39 is 18.0 Å². The van der Waals surface area contributed by atoms with E-state index in [1.807, 2.05) is 6.92 Å². The number of amides is 1. The number of benzene rings is 1. The number of carbonyl (C=O) groups excluding carboxylic acids is 2. The minimum Gasteiger partial charge on any atom is -0.448 e. The third-order valence-corrected chi connectivity index (χ3v) is 4.32. The molecule has 2 aromatic rings. The molecule has 0 bridgehead atoms. The summed E-state index contributed by atoms with van der Waals surface area (Å²) in [5.74, 6) is -1.17. The maximum absolute atomic E-state index is 12.1. The van der Waals surface area contributed by atoms with Crippen molar-refractivity contribution in [2.75, 3.05) is 5.32 Å². The van der Waals surface area contributed by atoms with Crippen LogP contribution in [0.2, 0.25) is 10.0 Å². The summed E-state index contributed by atoms with van der Waals surface area (Å²) < 4.78 is 8.86. The Morgan fingerprint density at radius 3 is 2.61 bits per heavy atom. The van der Waals surface area contributed by atoms with Crippen LogP contribution in [0, 0.1) is 0 Å². The molecule has 1 N–H and O–H groups in total. The summed E-state index contributed by atoms with van der Waals surface area (Å²) in [4.78, 5) is 24.5. The van der Waals surface area contributed by atoms with Gasteiger partial charge < -0.3 is 10.1 Å². The second-order valence-corrected chi connectivity index (χ2v) is 6.10. The van der Waals surface area contributed by atoms with Crippen molar-refractivity contribution in [3.05, 3.63) is 38.8 Å². The van der Waals surface area contributed by atoms with E-state index in [1.165, 1.54) is 6.92 Å². The zero-order chi connectivity index (χ0) is 17.0. The highest BCUT2D eigenvalue weighted by molar-refractivity contribution is 7.07. The Morgan fingerprint density at radius 1 is 1.35 bits per heavy atom. The molecule has 23 heavy (non-hydrogen) atoms. The summed E-state index contributed by atoms with van der Waals surface area (Å²) in [6.07, 6.45) is -0.474. The highest BCUT2D eigenvalue weighted by Gasteiger charge is 2.23. The van der Waals surface area contributed by atoms with E-state index in [0.29, 0.717) is 27.0 Å². The molecule has 2 rings (SSSR count). The fourth-order valence-electron chi connectivity index (χ4n) is 1.70. The zero-order valence-electron chi connectivity index (χ0n) is 12.3. The number of anilines is 1. The standard InChI is InChI=1S/C14H13Cl2N3O3S/c1-3-10-12(23-19-18-10)14(21)22-7(2)13(20)17-11-8(15)5-4-6-9(11)16/h4-7H,3H2,1-2H3,(H,17,20)/t7-/m0/s1. The maximum Gasteiger partial charge on any atom is 0.352 e. The molecule has 0 spiro atoms. The number of hydrogen-bond donors (Lipinski definition) is 1. The van der Waals surface area contributed by atoms with Crippen LogP contribution in [-0.4, -0.2) is 27.6 Å². The Balaban J connectivity index is 2.04. The number of halogens is 2. The largest absolute Gasteiger partial charge is 0.448 e. The van der Waals surface area contributed by atoms with E-state index in [1.54, 1.807) is 18.2 Å². The molecule has 0 unspecified atom stereocenters. The van der Waals surface area contributed by atoms with E-state index in [2.05, 4.69) is 14.9 Å². The fourth-order valence-corrected chi connectivity index (χ4v) is 2.83. The first-order valence-corrected chi connectivity index (χ1v) is 8.24. The zero-order valence-corrected chi connectivity index (χ0v) is 14.6. The number of esters is 1. The topological polar surface area (TPSA) is 81.2 Å². The van der Waals surface area contributed by atoms with Crippen molar-refractivity contribution in [3.8, 4) is 0 Å². The van der Waals surface area contributed by atoms with Gasteiger partial charge in [-0.15, -0.1) is 5.10 Å². The van der Waals surface area contributed by atoms with Crippen LogP contribution in [0.4, 0.5) is 5.69 Å². The lowest BCUT2D eigenvalue weighted by atomic mass is 10.3. The molecular formula is C14H13Cl2N3O3S. The van der Waals surface area contributed by atoms with Crippen molar-refractivity contribution < 1.29 is 14.3 Å². The first-order valence-electron chi connectivity index (χ1n) is 6.71. The number of nitrogens with one attached hydrogen (secondary N) is 1. The molecule has 0 fully saturated rings. The van der Waals surface area contributed by atoms with Gasteiger partial charge in [-0.2, -0.15) is 0 Å². The quantitative estimate of drug-likeness (QED) is 0.809. The number of hydrogen-bond acceptors (Lipinski definition) is 6. The first-order chi connectivity index (χ1) is 10.9. The minimum absolute atomic E-state index is 0.275. The van der Waals surface area contributed by atoms with Crippen molar-refractivity contribution in [3.63, 3.8) is 0 Å². The lowest BCUT2D eigenvalue weighted by molar-refractivity contribution is -0.123. The van der Waals surface area contributed by atoms with Crippen LogP contribution in [0.25, 0.3) is 0 Å². The van der Waals surface area contributed by atoms with Gasteiger partial charge in [0.2, 0.25) is 0 Å². The number of nitrogens with zero attached hydrogens (tertiary/aromatic N) is 2. The molecule has 0 radical (unpaired) electrons. The van der Waals surface area contributed by atoms with Crippen molar-refractivity contribution in [2.24, 2.45) is 0 Å². The van der Waals surface area contributed by atoms with Crippen molar-refractivity contribution in [1.29, 1.82) is 0 Å². The van der Waals surface area contributed by atoms with Crippen LogP contribution in [-0.2, 0) is 16.0 Å². The Hall–Kier alpha value is -1.70. The molecule has 1 atom stereocenters. The molecule has 6 nitrogen and oxygen atoms in total. The second kappa shape index (κ2) is 7.72. The van der Waals surface area contributed by atoms with Crippen molar-refractivity contribution in [1.82, 2.24) is 9.59 Å². The highest BCUT2D eigenvalue weighted by Crippen LogP contribution is 2.30. The smallest absolute Gasteiger partial charge is 0.352 e. The molecule has 0 aliphatic rings. The molecule has 0 aliphatic heterocycles. The molecule has 1 amide bonds. The molecule has 1 aromatic carbocycles. The Labute approximate surface area is 146 Å². The van der Waals surface area contributed by atoms with Crippen LogP contribution in [0.5, 0.6) is 0 Å². The van der Waals surface area contributed by atoms with E-state index in [4.69, 9.17) is 27.9 Å². The summed E-state index contributed by atoms with van der Waals surface area (Å²) in [7, 11) is 0. The molecule has 0 aliphatic carbocycles. The molecule has 9 heteroatoms. The monoisotopic (exact) mass is 373 g/mol. The van der Waals surface area contributed by atoms with E-state index in [0.717, 1.165) is 11.5 Å². The van der Waals surface area contributed by atoms with Crippen LogP contribution < -0.4 is 5.32 Å². The van der Waals surface area contributed by atoms with Gasteiger partial charge in [0.15, 0.2) is 11.0 Å². The van der Waals surface area contributed by atoms with Gasteiger partial charge in [0.05, 0.1) is 21.4 Å². The molecular weight excluding hydrogens is 361 g/mol. The third-order valence-electron chi connectivity index (χ3n) is 2.94. The Bertz CT molecular complexity index is 716. The normalized spacial score (nSPS) is 11.8. The molecule has 1 aromatic heterocycles. The van der Waals surface area contributed by atoms with Gasteiger partial charge in [0.25, 0.3) is 5.91 Å². The third kappa shape index (κ3) is 4.19. The molecule has 0 saturated carbocycles. The Kier molecular flexibility index (Phi) is 5.92. The average Bonchev–Trinajstić information content (AvgIpc) is 2.99. The lowest BCUT2D eigenvalue weighted by Crippen LogP contribution is -2.30. The molecule has 122 valence electrons. The van der Waals surface area contributed by atoms with E-state index >= 15 is 0 Å². The van der Waals surface area contributed by atoms with Gasteiger partial charge in [0, 0.05) is 0 Å². The van der Waals surface area contributed by atoms with Crippen molar-refractivity contribution >= 4 is 52.3 Å². The van der Waals surface area contributed by atoms with Crippen LogP contribution in [0.15, 0.2) is 18.2 Å². The van der Waals surface area contributed by atoms with Crippen LogP contribution >= 0.6 is 34.7 Å². The lowest BCUT2D eigenvalue weighted by Gasteiger charge is -2.14. The highest BCUT2D eigenvalue weighted by atomic mass is 35.5. The van der Waals surface area contributed by atoms with Gasteiger partial charge in [-0.3, -0.25) is 4.79 Å². The summed E-state index contributed by atoms with van der Waals surface area (Å²) in [5, 5.41) is 6.97. The summed E-state index contributed by atoms with van der Waals surface area (Å²) in [5.41, 5.74) is 0.819. The van der Waals surface area contributed by atoms with Gasteiger partial charge in [-0.25, -0.2) is 4.79 Å². The summed E-state index contributed by atoms with van der Waals surface area (Å²) in [6.45, 7) is 3.31. The van der Waals surface area contributed by atoms with Gasteiger partial charge in [0.1, 0.15) is 0 Å². The van der Waals surface area contributed by atoms with Gasteiger partial charge in [-0.1, -0.05) is 40.7 Å². The second-order valence-electron chi connectivity index (χ2n) is 4.54.